The van der Waals surface area contributed by atoms with Gasteiger partial charge in [-0.15, -0.1) is 0 Å². The van der Waals surface area contributed by atoms with Gasteiger partial charge in [-0.2, -0.15) is 0 Å². The molecule has 0 bridgehead atoms. The summed E-state index contributed by atoms with van der Waals surface area (Å²) >= 11 is 0. The number of carbonyl (C=O) groups is 3. The minimum absolute atomic E-state index is 0.0948. The van der Waals surface area contributed by atoms with Gasteiger partial charge in [0, 0.05) is 32.4 Å². The van der Waals surface area contributed by atoms with Gasteiger partial charge in [0.15, 0.2) is 0 Å². The van der Waals surface area contributed by atoms with Crippen LogP contribution in [0.25, 0.3) is 0 Å². The van der Waals surface area contributed by atoms with Crippen LogP contribution in [-0.2, 0) is 14.4 Å². The van der Waals surface area contributed by atoms with Crippen LogP contribution in [0.15, 0.2) is 0 Å². The van der Waals surface area contributed by atoms with Crippen LogP contribution in [0.1, 0.15) is 33.6 Å². The highest BCUT2D eigenvalue weighted by atomic mass is 16.2. The molecule has 0 saturated heterocycles. The van der Waals surface area contributed by atoms with Crippen molar-refractivity contribution in [1.29, 1.82) is 0 Å². The fourth-order valence-corrected chi connectivity index (χ4v) is 1.26. The van der Waals surface area contributed by atoms with Crippen LogP contribution >= 0.6 is 0 Å². The van der Waals surface area contributed by atoms with E-state index in [4.69, 9.17) is 0 Å². The van der Waals surface area contributed by atoms with Crippen molar-refractivity contribution >= 4 is 17.7 Å². The summed E-state index contributed by atoms with van der Waals surface area (Å²) in [5, 5.41) is 7.91. The first-order valence-corrected chi connectivity index (χ1v) is 6.18. The number of rotatable bonds is 7. The molecule has 0 aliphatic carbocycles. The minimum atomic E-state index is -0.375. The molecule has 0 fully saturated rings. The highest BCUT2D eigenvalue weighted by Gasteiger charge is 2.16. The third-order valence-corrected chi connectivity index (χ3v) is 2.44. The van der Waals surface area contributed by atoms with Crippen LogP contribution in [0.4, 0.5) is 0 Å². The lowest BCUT2D eigenvalue weighted by molar-refractivity contribution is -0.126. The molecule has 0 radical (unpaired) electrons. The molecule has 0 aliphatic heterocycles. The average molecular weight is 257 g/mol. The molecule has 0 saturated carbocycles. The van der Waals surface area contributed by atoms with E-state index >= 15 is 0 Å². The van der Waals surface area contributed by atoms with E-state index in [-0.39, 0.29) is 42.6 Å². The molecule has 6 heteroatoms. The van der Waals surface area contributed by atoms with Gasteiger partial charge in [0.1, 0.15) is 0 Å². The molecule has 3 N–H and O–H groups in total. The Morgan fingerprint density at radius 1 is 1.11 bits per heavy atom. The van der Waals surface area contributed by atoms with Gasteiger partial charge < -0.3 is 16.0 Å². The van der Waals surface area contributed by atoms with Gasteiger partial charge in [-0.05, 0) is 0 Å². The highest BCUT2D eigenvalue weighted by molar-refractivity contribution is 5.80. The monoisotopic (exact) mass is 257 g/mol. The van der Waals surface area contributed by atoms with Crippen molar-refractivity contribution in [3.63, 3.8) is 0 Å². The lowest BCUT2D eigenvalue weighted by atomic mass is 10.1. The fourth-order valence-electron chi connectivity index (χ4n) is 1.26. The van der Waals surface area contributed by atoms with Crippen molar-refractivity contribution in [3.8, 4) is 0 Å². The zero-order chi connectivity index (χ0) is 14.1. The Labute approximate surface area is 108 Å². The summed E-state index contributed by atoms with van der Waals surface area (Å²) in [6.45, 7) is 5.57. The van der Waals surface area contributed by atoms with Crippen molar-refractivity contribution in [1.82, 2.24) is 16.0 Å². The molecule has 6 nitrogen and oxygen atoms in total. The quantitative estimate of drug-likeness (QED) is 0.590. The Morgan fingerprint density at radius 2 is 1.72 bits per heavy atom. The van der Waals surface area contributed by atoms with Crippen molar-refractivity contribution < 1.29 is 14.4 Å². The van der Waals surface area contributed by atoms with Crippen LogP contribution < -0.4 is 16.0 Å². The molecular weight excluding hydrogens is 234 g/mol. The molecule has 0 aromatic rings. The molecule has 0 aliphatic rings. The zero-order valence-corrected chi connectivity index (χ0v) is 11.5. The van der Waals surface area contributed by atoms with E-state index in [1.807, 2.05) is 0 Å². The summed E-state index contributed by atoms with van der Waals surface area (Å²) in [5.74, 6) is -0.520. The Hall–Kier alpha value is -1.59. The summed E-state index contributed by atoms with van der Waals surface area (Å²) in [4.78, 5) is 34.0. The predicted octanol–water partition coefficient (Wildman–Crippen LogP) is -0.210. The molecule has 3 amide bonds. The number of nitrogens with one attached hydrogen (secondary N) is 3. The lowest BCUT2D eigenvalue weighted by Crippen LogP contribution is -2.46. The maximum atomic E-state index is 11.4. The molecule has 0 aromatic carbocycles. The van der Waals surface area contributed by atoms with Crippen LogP contribution in [0, 0.1) is 5.92 Å². The number of amides is 3. The summed E-state index contributed by atoms with van der Waals surface area (Å²) < 4.78 is 0. The Kier molecular flexibility index (Phi) is 7.74. The molecule has 0 rings (SSSR count). The second-order valence-electron chi connectivity index (χ2n) is 4.40. The number of carbonyl (C=O) groups excluding carboxylic acids is 3. The van der Waals surface area contributed by atoms with Crippen molar-refractivity contribution in [2.24, 2.45) is 5.92 Å². The van der Waals surface area contributed by atoms with E-state index in [9.17, 15) is 14.4 Å². The summed E-state index contributed by atoms with van der Waals surface area (Å²) in [7, 11) is 1.54. The van der Waals surface area contributed by atoms with E-state index in [0.717, 1.165) is 0 Å². The van der Waals surface area contributed by atoms with E-state index in [1.54, 1.807) is 20.8 Å². The number of hydrogen-bond donors (Lipinski definition) is 3. The van der Waals surface area contributed by atoms with Crippen molar-refractivity contribution in [3.05, 3.63) is 0 Å². The smallest absolute Gasteiger partial charge is 0.222 e. The highest BCUT2D eigenvalue weighted by Crippen LogP contribution is 1.95. The molecule has 18 heavy (non-hydrogen) atoms. The van der Waals surface area contributed by atoms with E-state index in [0.29, 0.717) is 6.42 Å². The molecule has 0 spiro atoms. The lowest BCUT2D eigenvalue weighted by Gasteiger charge is -2.19. The zero-order valence-electron chi connectivity index (χ0n) is 11.5. The predicted molar refractivity (Wildman–Crippen MR) is 68.8 cm³/mol. The first-order valence-electron chi connectivity index (χ1n) is 6.18. The summed E-state index contributed by atoms with van der Waals surface area (Å²) in [6, 6.07) is -0.375. The number of hydrogen-bond acceptors (Lipinski definition) is 3. The van der Waals surface area contributed by atoms with Gasteiger partial charge in [-0.25, -0.2) is 0 Å². The third-order valence-electron chi connectivity index (χ3n) is 2.44. The summed E-state index contributed by atoms with van der Waals surface area (Å²) in [5.41, 5.74) is 0. The minimum Gasteiger partial charge on any atom is -0.359 e. The van der Waals surface area contributed by atoms with Gasteiger partial charge in [0.05, 0.1) is 6.04 Å². The van der Waals surface area contributed by atoms with E-state index in [2.05, 4.69) is 16.0 Å². The fraction of sp³-hybridized carbons (Fsp3) is 0.750. The van der Waals surface area contributed by atoms with Crippen LogP contribution in [0.2, 0.25) is 0 Å². The summed E-state index contributed by atoms with van der Waals surface area (Å²) in [6.07, 6.45) is 0.503. The van der Waals surface area contributed by atoms with Crippen molar-refractivity contribution in [2.45, 2.75) is 39.7 Å². The van der Waals surface area contributed by atoms with Gasteiger partial charge in [-0.3, -0.25) is 14.4 Å². The Morgan fingerprint density at radius 3 is 2.17 bits per heavy atom. The molecular formula is C12H23N3O3. The van der Waals surface area contributed by atoms with Crippen LogP contribution in [0.5, 0.6) is 0 Å². The second-order valence-corrected chi connectivity index (χ2v) is 4.40. The van der Waals surface area contributed by atoms with E-state index in [1.165, 1.54) is 7.05 Å². The van der Waals surface area contributed by atoms with Gasteiger partial charge in [-0.1, -0.05) is 20.8 Å². The van der Waals surface area contributed by atoms with E-state index < -0.39 is 0 Å². The average Bonchev–Trinajstić information content (AvgIpc) is 2.34. The Balaban J connectivity index is 4.33. The normalized spacial score (nSPS) is 11.8. The molecule has 0 heterocycles. The van der Waals surface area contributed by atoms with Crippen LogP contribution in [-0.4, -0.2) is 37.4 Å². The standard InChI is InChI=1S/C12H23N3O3/c1-5-10(16)15-9(6-11(17)13-4)7-14-12(18)8(2)3/h8-9H,5-7H2,1-4H3,(H,13,17)(H,14,18)(H,15,16). The van der Waals surface area contributed by atoms with Crippen molar-refractivity contribution in [2.75, 3.05) is 13.6 Å². The maximum Gasteiger partial charge on any atom is 0.222 e. The molecule has 1 unspecified atom stereocenters. The molecule has 1 atom stereocenters. The largest absolute Gasteiger partial charge is 0.359 e. The SMILES string of the molecule is CCC(=O)NC(CNC(=O)C(C)C)CC(=O)NC. The van der Waals surface area contributed by atoms with Gasteiger partial charge >= 0.3 is 0 Å². The third kappa shape index (κ3) is 6.88. The van der Waals surface area contributed by atoms with Crippen LogP contribution in [0.3, 0.4) is 0 Å². The Bertz CT molecular complexity index is 285. The second kappa shape index (κ2) is 8.49. The molecule has 104 valence electrons. The molecule has 0 aromatic heterocycles. The van der Waals surface area contributed by atoms with Gasteiger partial charge in [0.25, 0.3) is 0 Å². The topological polar surface area (TPSA) is 87.3 Å². The van der Waals surface area contributed by atoms with Gasteiger partial charge in [0.2, 0.25) is 17.7 Å². The maximum absolute atomic E-state index is 11.4. The first-order chi connectivity index (χ1) is 8.40. The first kappa shape index (κ1) is 16.4.